The molecule has 0 spiro atoms. The van der Waals surface area contributed by atoms with Crippen LogP contribution in [0.25, 0.3) is 0 Å². The van der Waals surface area contributed by atoms with E-state index in [1.54, 1.807) is 36.4 Å². The first-order valence-corrected chi connectivity index (χ1v) is 9.46. The molecule has 1 amide bonds. The minimum absolute atomic E-state index is 0.196. The van der Waals surface area contributed by atoms with Crippen LogP contribution in [0, 0.1) is 0 Å². The summed E-state index contributed by atoms with van der Waals surface area (Å²) >= 11 is 0. The van der Waals surface area contributed by atoms with Gasteiger partial charge in [0.2, 0.25) is 6.10 Å². The number of hydrogen-bond acceptors (Lipinski definition) is 4. The summed E-state index contributed by atoms with van der Waals surface area (Å²) in [5.74, 6) is -0.0995. The van der Waals surface area contributed by atoms with Crippen LogP contribution in [-0.2, 0) is 9.53 Å². The highest BCUT2D eigenvalue weighted by Crippen LogP contribution is 2.24. The van der Waals surface area contributed by atoms with Crippen LogP contribution in [0.1, 0.15) is 54.6 Å². The summed E-state index contributed by atoms with van der Waals surface area (Å²) in [5.41, 5.74) is 1.04. The zero-order chi connectivity index (χ0) is 19.1. The van der Waals surface area contributed by atoms with Crippen LogP contribution < -0.4 is 10.1 Å². The van der Waals surface area contributed by atoms with Crippen LogP contribution in [0.3, 0.4) is 0 Å². The lowest BCUT2D eigenvalue weighted by Crippen LogP contribution is -2.33. The minimum atomic E-state index is -0.959. The van der Waals surface area contributed by atoms with Crippen molar-refractivity contribution in [2.75, 3.05) is 6.61 Å². The Hall–Kier alpha value is -2.82. The molecule has 1 atom stereocenters. The molecule has 1 aliphatic carbocycles. The van der Waals surface area contributed by atoms with Crippen molar-refractivity contribution in [3.05, 3.63) is 65.7 Å². The Bertz CT molecular complexity index is 754. The number of amides is 1. The first kappa shape index (κ1) is 19.0. The molecule has 2 aromatic rings. The number of rotatable bonds is 9. The zero-order valence-corrected chi connectivity index (χ0v) is 15.5. The highest BCUT2D eigenvalue weighted by atomic mass is 16.5. The van der Waals surface area contributed by atoms with Gasteiger partial charge in [-0.25, -0.2) is 4.79 Å². The van der Waals surface area contributed by atoms with E-state index in [9.17, 15) is 9.59 Å². The van der Waals surface area contributed by atoms with E-state index in [0.29, 0.717) is 23.5 Å². The molecule has 1 N–H and O–H groups in total. The number of hydrogen-bond donors (Lipinski definition) is 1. The molecule has 1 fully saturated rings. The quantitative estimate of drug-likeness (QED) is 0.537. The summed E-state index contributed by atoms with van der Waals surface area (Å²) in [4.78, 5) is 25.1. The molecular formula is C22H25NO4. The standard InChI is InChI=1S/C22H25NO4/c1-2-3-15-26-19-13-9-17(10-14-19)22(25)27-20(16-7-5-4-6-8-16)21(24)23-18-11-12-18/h4-10,13-14,18,20H,2-3,11-12,15H2,1H3,(H,23,24)/t20-/m0/s1. The van der Waals surface area contributed by atoms with E-state index in [1.165, 1.54) is 0 Å². The summed E-state index contributed by atoms with van der Waals surface area (Å²) < 4.78 is 11.2. The third-order valence-corrected chi connectivity index (χ3v) is 4.35. The maximum Gasteiger partial charge on any atom is 0.339 e. The van der Waals surface area contributed by atoms with Gasteiger partial charge in [0.15, 0.2) is 0 Å². The van der Waals surface area contributed by atoms with Crippen LogP contribution in [0.2, 0.25) is 0 Å². The van der Waals surface area contributed by atoms with Crippen molar-refractivity contribution in [3.63, 3.8) is 0 Å². The van der Waals surface area contributed by atoms with Gasteiger partial charge in [-0.05, 0) is 43.5 Å². The van der Waals surface area contributed by atoms with E-state index >= 15 is 0 Å². The predicted molar refractivity (Wildman–Crippen MR) is 103 cm³/mol. The number of nitrogens with one attached hydrogen (secondary N) is 1. The second-order valence-electron chi connectivity index (χ2n) is 6.71. The van der Waals surface area contributed by atoms with Gasteiger partial charge in [0, 0.05) is 11.6 Å². The Morgan fingerprint density at radius 2 is 1.78 bits per heavy atom. The van der Waals surface area contributed by atoms with Crippen molar-refractivity contribution in [3.8, 4) is 5.75 Å². The Morgan fingerprint density at radius 1 is 1.07 bits per heavy atom. The lowest BCUT2D eigenvalue weighted by atomic mass is 10.1. The second kappa shape index (κ2) is 9.21. The van der Waals surface area contributed by atoms with Crippen LogP contribution in [-0.4, -0.2) is 24.5 Å². The summed E-state index contributed by atoms with van der Waals surface area (Å²) in [6, 6.07) is 16.1. The Kier molecular flexibility index (Phi) is 6.47. The zero-order valence-electron chi connectivity index (χ0n) is 15.5. The van der Waals surface area contributed by atoms with E-state index in [1.807, 2.05) is 18.2 Å². The van der Waals surface area contributed by atoms with Crippen molar-refractivity contribution >= 4 is 11.9 Å². The van der Waals surface area contributed by atoms with Gasteiger partial charge in [0.05, 0.1) is 12.2 Å². The molecule has 0 radical (unpaired) electrons. The van der Waals surface area contributed by atoms with Gasteiger partial charge in [-0.3, -0.25) is 4.79 Å². The second-order valence-corrected chi connectivity index (χ2v) is 6.71. The van der Waals surface area contributed by atoms with E-state index in [-0.39, 0.29) is 11.9 Å². The summed E-state index contributed by atoms with van der Waals surface area (Å²) in [6.07, 6.45) is 3.04. The van der Waals surface area contributed by atoms with Crippen LogP contribution in [0.5, 0.6) is 5.75 Å². The smallest absolute Gasteiger partial charge is 0.339 e. The van der Waals surface area contributed by atoms with Gasteiger partial charge in [-0.1, -0.05) is 43.7 Å². The van der Waals surface area contributed by atoms with Crippen LogP contribution in [0.4, 0.5) is 0 Å². The number of carbonyl (C=O) groups is 2. The van der Waals surface area contributed by atoms with E-state index in [4.69, 9.17) is 9.47 Å². The molecule has 5 heteroatoms. The van der Waals surface area contributed by atoms with Crippen molar-refractivity contribution < 1.29 is 19.1 Å². The molecule has 0 bridgehead atoms. The van der Waals surface area contributed by atoms with Crippen molar-refractivity contribution in [2.24, 2.45) is 0 Å². The Balaban J connectivity index is 1.67. The van der Waals surface area contributed by atoms with E-state index in [2.05, 4.69) is 12.2 Å². The minimum Gasteiger partial charge on any atom is -0.494 e. The normalized spacial score (nSPS) is 14.3. The highest BCUT2D eigenvalue weighted by Gasteiger charge is 2.31. The SMILES string of the molecule is CCCCOc1ccc(C(=O)O[C@H](C(=O)NC2CC2)c2ccccc2)cc1. The van der Waals surface area contributed by atoms with E-state index in [0.717, 1.165) is 25.7 Å². The van der Waals surface area contributed by atoms with Gasteiger partial charge in [0.25, 0.3) is 5.91 Å². The summed E-state index contributed by atoms with van der Waals surface area (Å²) in [6.45, 7) is 2.75. The molecule has 0 aliphatic heterocycles. The third-order valence-electron chi connectivity index (χ3n) is 4.35. The monoisotopic (exact) mass is 367 g/mol. The molecular weight excluding hydrogens is 342 g/mol. The van der Waals surface area contributed by atoms with Gasteiger partial charge >= 0.3 is 5.97 Å². The molecule has 27 heavy (non-hydrogen) atoms. The molecule has 1 aliphatic rings. The molecule has 3 rings (SSSR count). The number of unbranched alkanes of at least 4 members (excludes halogenated alkanes) is 1. The molecule has 0 saturated heterocycles. The molecule has 142 valence electrons. The fourth-order valence-electron chi connectivity index (χ4n) is 2.60. The van der Waals surface area contributed by atoms with E-state index < -0.39 is 12.1 Å². The number of ether oxygens (including phenoxy) is 2. The molecule has 0 aromatic heterocycles. The number of carbonyl (C=O) groups excluding carboxylic acids is 2. The average Bonchev–Trinajstić information content (AvgIpc) is 3.51. The first-order chi connectivity index (χ1) is 13.2. The molecule has 2 aromatic carbocycles. The van der Waals surface area contributed by atoms with Crippen molar-refractivity contribution in [1.82, 2.24) is 5.32 Å². The fourth-order valence-corrected chi connectivity index (χ4v) is 2.60. The topological polar surface area (TPSA) is 64.6 Å². The van der Waals surface area contributed by atoms with Gasteiger partial charge in [0.1, 0.15) is 5.75 Å². The van der Waals surface area contributed by atoms with Gasteiger partial charge in [-0.15, -0.1) is 0 Å². The lowest BCUT2D eigenvalue weighted by molar-refractivity contribution is -0.130. The Morgan fingerprint density at radius 3 is 2.41 bits per heavy atom. The summed E-state index contributed by atoms with van der Waals surface area (Å²) in [7, 11) is 0. The van der Waals surface area contributed by atoms with Crippen LogP contribution in [0.15, 0.2) is 54.6 Å². The fraction of sp³-hybridized carbons (Fsp3) is 0.364. The van der Waals surface area contributed by atoms with Crippen molar-refractivity contribution in [1.29, 1.82) is 0 Å². The molecule has 1 saturated carbocycles. The maximum absolute atomic E-state index is 12.6. The predicted octanol–water partition coefficient (Wildman–Crippen LogP) is 4.04. The largest absolute Gasteiger partial charge is 0.494 e. The maximum atomic E-state index is 12.6. The number of benzene rings is 2. The first-order valence-electron chi connectivity index (χ1n) is 9.46. The number of esters is 1. The van der Waals surface area contributed by atoms with Gasteiger partial charge < -0.3 is 14.8 Å². The summed E-state index contributed by atoms with van der Waals surface area (Å²) in [5, 5.41) is 2.91. The third kappa shape index (κ3) is 5.58. The van der Waals surface area contributed by atoms with Crippen molar-refractivity contribution in [2.45, 2.75) is 44.8 Å². The molecule has 0 unspecified atom stereocenters. The van der Waals surface area contributed by atoms with Crippen LogP contribution >= 0.6 is 0 Å². The molecule has 0 heterocycles. The Labute approximate surface area is 159 Å². The highest BCUT2D eigenvalue weighted by molar-refractivity contribution is 5.93. The van der Waals surface area contributed by atoms with Gasteiger partial charge in [-0.2, -0.15) is 0 Å². The molecule has 5 nitrogen and oxygen atoms in total. The average molecular weight is 367 g/mol. The lowest BCUT2D eigenvalue weighted by Gasteiger charge is -2.18.